The van der Waals surface area contributed by atoms with Gasteiger partial charge in [-0.15, -0.1) is 0 Å². The molecule has 0 aromatic heterocycles. The second-order valence-electron chi connectivity index (χ2n) is 7.22. The van der Waals surface area contributed by atoms with E-state index < -0.39 is 17.8 Å². The average molecular weight is 400 g/mol. The molecule has 1 saturated heterocycles. The smallest absolute Gasteiger partial charge is 0.317 e. The molecule has 27 heavy (non-hydrogen) atoms. The first-order valence-electron chi connectivity index (χ1n) is 9.03. The van der Waals surface area contributed by atoms with Crippen molar-refractivity contribution in [2.24, 2.45) is 0 Å². The van der Waals surface area contributed by atoms with Crippen molar-refractivity contribution in [2.75, 3.05) is 40.8 Å². The zero-order valence-corrected chi connectivity index (χ0v) is 16.7. The van der Waals surface area contributed by atoms with Crippen LogP contribution in [0.4, 0.5) is 4.39 Å². The van der Waals surface area contributed by atoms with Gasteiger partial charge in [-0.05, 0) is 52.5 Å². The molecule has 0 bridgehead atoms. The van der Waals surface area contributed by atoms with E-state index in [9.17, 15) is 14.0 Å². The molecule has 2 rings (SSSR count). The summed E-state index contributed by atoms with van der Waals surface area (Å²) in [6.45, 7) is 1.04. The van der Waals surface area contributed by atoms with Gasteiger partial charge in [-0.1, -0.05) is 17.7 Å². The largest absolute Gasteiger partial charge is 0.480 e. The molecular weight excluding hydrogens is 373 g/mol. The average Bonchev–Trinajstić information content (AvgIpc) is 2.83. The van der Waals surface area contributed by atoms with Gasteiger partial charge in [0.1, 0.15) is 11.9 Å². The first-order chi connectivity index (χ1) is 12.7. The van der Waals surface area contributed by atoms with Gasteiger partial charge in [0, 0.05) is 29.7 Å². The van der Waals surface area contributed by atoms with Gasteiger partial charge in [-0.2, -0.15) is 0 Å². The standard InChI is InChI=1S/C19H27ClFN3O3/c1-22(2)18(17-14(20)7-4-8-15(17)21)19(27)24-10-5-6-13(9-11-24)23(3)12-16(25)26/h4,7-8,13,18H,5-6,9-12H2,1-3H3,(H,25,26). The van der Waals surface area contributed by atoms with E-state index in [1.165, 1.54) is 12.1 Å². The van der Waals surface area contributed by atoms with Crippen LogP contribution in [0.15, 0.2) is 18.2 Å². The Hall–Kier alpha value is -1.70. The Balaban J connectivity index is 2.16. The van der Waals surface area contributed by atoms with E-state index in [0.29, 0.717) is 19.5 Å². The minimum absolute atomic E-state index is 0.0240. The summed E-state index contributed by atoms with van der Waals surface area (Å²) in [5.74, 6) is -1.55. The van der Waals surface area contributed by atoms with Crippen LogP contribution < -0.4 is 0 Å². The Morgan fingerprint density at radius 3 is 2.59 bits per heavy atom. The van der Waals surface area contributed by atoms with Crippen LogP contribution in [0.5, 0.6) is 0 Å². The van der Waals surface area contributed by atoms with Crippen molar-refractivity contribution in [3.05, 3.63) is 34.6 Å². The summed E-state index contributed by atoms with van der Waals surface area (Å²) in [5.41, 5.74) is 0.193. The van der Waals surface area contributed by atoms with Gasteiger partial charge in [0.25, 0.3) is 0 Å². The number of carbonyl (C=O) groups is 2. The molecule has 1 heterocycles. The van der Waals surface area contributed by atoms with E-state index in [4.69, 9.17) is 16.7 Å². The number of carboxylic acid groups (broad SMARTS) is 1. The van der Waals surface area contributed by atoms with E-state index in [2.05, 4.69) is 0 Å². The maximum absolute atomic E-state index is 14.4. The number of carbonyl (C=O) groups excluding carboxylic acids is 1. The lowest BCUT2D eigenvalue weighted by Crippen LogP contribution is -2.42. The summed E-state index contributed by atoms with van der Waals surface area (Å²) in [7, 11) is 5.25. The normalized spacial score (nSPS) is 19.2. The van der Waals surface area contributed by atoms with Gasteiger partial charge in [-0.3, -0.25) is 19.4 Å². The third-order valence-electron chi connectivity index (χ3n) is 5.04. The van der Waals surface area contributed by atoms with Crippen molar-refractivity contribution >= 4 is 23.5 Å². The summed E-state index contributed by atoms with van der Waals surface area (Å²) in [4.78, 5) is 29.4. The molecule has 0 spiro atoms. The lowest BCUT2D eigenvalue weighted by atomic mass is 10.0. The number of likely N-dealkylation sites (tertiary alicyclic amines) is 1. The monoisotopic (exact) mass is 399 g/mol. The number of carboxylic acids is 1. The Morgan fingerprint density at radius 2 is 2.00 bits per heavy atom. The minimum Gasteiger partial charge on any atom is -0.480 e. The Kier molecular flexibility index (Phi) is 7.59. The van der Waals surface area contributed by atoms with E-state index in [-0.39, 0.29) is 29.1 Å². The molecule has 1 amide bonds. The van der Waals surface area contributed by atoms with Crippen LogP contribution in [0.25, 0.3) is 0 Å². The number of rotatable bonds is 6. The Bertz CT molecular complexity index is 666. The van der Waals surface area contributed by atoms with Gasteiger partial charge in [0.05, 0.1) is 6.54 Å². The van der Waals surface area contributed by atoms with Crippen molar-refractivity contribution in [3.8, 4) is 0 Å². The SMILES string of the molecule is CN(C)C(C(=O)N1CCCC(N(C)CC(=O)O)CC1)c1c(F)cccc1Cl. The number of aliphatic carboxylic acids is 1. The van der Waals surface area contributed by atoms with Crippen LogP contribution in [-0.4, -0.2) is 78.5 Å². The highest BCUT2D eigenvalue weighted by atomic mass is 35.5. The molecule has 1 aromatic rings. The van der Waals surface area contributed by atoms with Gasteiger partial charge in [0.15, 0.2) is 0 Å². The highest BCUT2D eigenvalue weighted by molar-refractivity contribution is 6.31. The third-order valence-corrected chi connectivity index (χ3v) is 5.37. The number of amides is 1. The molecule has 2 unspecified atom stereocenters. The van der Waals surface area contributed by atoms with E-state index in [1.54, 1.807) is 37.0 Å². The van der Waals surface area contributed by atoms with Crippen molar-refractivity contribution in [2.45, 2.75) is 31.3 Å². The predicted molar refractivity (Wildman–Crippen MR) is 102 cm³/mol. The molecule has 1 aromatic carbocycles. The number of nitrogens with zero attached hydrogens (tertiary/aromatic N) is 3. The molecular formula is C19H27ClFN3O3. The Morgan fingerprint density at radius 1 is 1.30 bits per heavy atom. The molecule has 2 atom stereocenters. The molecule has 0 aliphatic carbocycles. The molecule has 1 aliphatic rings. The maximum Gasteiger partial charge on any atom is 0.317 e. The van der Waals surface area contributed by atoms with Crippen LogP contribution in [-0.2, 0) is 9.59 Å². The van der Waals surface area contributed by atoms with Crippen molar-refractivity contribution in [1.29, 1.82) is 0 Å². The summed E-state index contributed by atoms with van der Waals surface area (Å²) in [5, 5.41) is 9.21. The second-order valence-corrected chi connectivity index (χ2v) is 7.63. The van der Waals surface area contributed by atoms with Crippen LogP contribution >= 0.6 is 11.6 Å². The van der Waals surface area contributed by atoms with Gasteiger partial charge < -0.3 is 10.0 Å². The van der Waals surface area contributed by atoms with E-state index in [1.807, 2.05) is 4.90 Å². The van der Waals surface area contributed by atoms with Crippen LogP contribution in [0.2, 0.25) is 5.02 Å². The summed E-state index contributed by atoms with van der Waals surface area (Å²) < 4.78 is 14.4. The lowest BCUT2D eigenvalue weighted by molar-refractivity contribution is -0.139. The maximum atomic E-state index is 14.4. The third kappa shape index (κ3) is 5.40. The van der Waals surface area contributed by atoms with Crippen LogP contribution in [0.3, 0.4) is 0 Å². The fourth-order valence-electron chi connectivity index (χ4n) is 3.63. The van der Waals surface area contributed by atoms with Gasteiger partial charge >= 0.3 is 5.97 Å². The van der Waals surface area contributed by atoms with Gasteiger partial charge in [0.2, 0.25) is 5.91 Å². The van der Waals surface area contributed by atoms with Crippen molar-refractivity contribution in [1.82, 2.24) is 14.7 Å². The number of hydrogen-bond donors (Lipinski definition) is 1. The fourth-order valence-corrected chi connectivity index (χ4v) is 3.90. The molecule has 1 aliphatic heterocycles. The highest BCUT2D eigenvalue weighted by Crippen LogP contribution is 2.31. The predicted octanol–water partition coefficient (Wildman–Crippen LogP) is 2.48. The summed E-state index contributed by atoms with van der Waals surface area (Å²) in [6.07, 6.45) is 2.27. The highest BCUT2D eigenvalue weighted by Gasteiger charge is 2.33. The first kappa shape index (κ1) is 21.6. The van der Waals surface area contributed by atoms with Gasteiger partial charge in [-0.25, -0.2) is 4.39 Å². The molecule has 150 valence electrons. The number of hydrogen-bond acceptors (Lipinski definition) is 4. The quantitative estimate of drug-likeness (QED) is 0.796. The number of likely N-dealkylation sites (N-methyl/N-ethyl adjacent to an activating group) is 2. The second kappa shape index (κ2) is 9.48. The summed E-state index contributed by atoms with van der Waals surface area (Å²) in [6, 6.07) is 3.72. The molecule has 6 nitrogen and oxygen atoms in total. The molecule has 0 saturated carbocycles. The molecule has 1 N–H and O–H groups in total. The van der Waals surface area contributed by atoms with Crippen molar-refractivity contribution in [3.63, 3.8) is 0 Å². The van der Waals surface area contributed by atoms with Crippen LogP contribution in [0, 0.1) is 5.82 Å². The summed E-state index contributed by atoms with van der Waals surface area (Å²) >= 11 is 6.20. The number of benzene rings is 1. The van der Waals surface area contributed by atoms with Crippen LogP contribution in [0.1, 0.15) is 30.9 Å². The van der Waals surface area contributed by atoms with E-state index in [0.717, 1.165) is 12.8 Å². The fraction of sp³-hybridized carbons (Fsp3) is 0.579. The van der Waals surface area contributed by atoms with E-state index >= 15 is 0 Å². The first-order valence-corrected chi connectivity index (χ1v) is 9.41. The molecule has 8 heteroatoms. The molecule has 0 radical (unpaired) electrons. The molecule has 1 fully saturated rings. The number of halogens is 2. The topological polar surface area (TPSA) is 64.1 Å². The lowest BCUT2D eigenvalue weighted by Gasteiger charge is -2.31. The van der Waals surface area contributed by atoms with Crippen molar-refractivity contribution < 1.29 is 19.1 Å². The zero-order valence-electron chi connectivity index (χ0n) is 16.0. The Labute approximate surface area is 164 Å². The minimum atomic E-state index is -0.864. The zero-order chi connectivity index (χ0) is 20.1.